The minimum Gasteiger partial charge on any atom is -0.479 e. The summed E-state index contributed by atoms with van der Waals surface area (Å²) in [6, 6.07) is 2.93. The Balaban J connectivity index is 0. The summed E-state index contributed by atoms with van der Waals surface area (Å²) in [5.74, 6) is -0.612. The molecule has 82 valence electrons. The van der Waals surface area contributed by atoms with Crippen LogP contribution in [0.4, 0.5) is 0 Å². The number of rotatable bonds is 1. The number of ether oxygens (including phenoxy) is 1. The van der Waals surface area contributed by atoms with Gasteiger partial charge in [-0.2, -0.15) is 0 Å². The molecule has 0 amide bonds. The molecule has 0 spiro atoms. The predicted molar refractivity (Wildman–Crippen MR) is 51.3 cm³/mol. The zero-order chi connectivity index (χ0) is 10.9. The van der Waals surface area contributed by atoms with Crippen LogP contribution in [0, 0.1) is 19.9 Å². The van der Waals surface area contributed by atoms with Gasteiger partial charge in [-0.25, -0.2) is 11.6 Å². The summed E-state index contributed by atoms with van der Waals surface area (Å²) >= 11 is 0. The summed E-state index contributed by atoms with van der Waals surface area (Å²) < 4.78 is 5.89. The molecule has 0 atom stereocenters. The monoisotopic (exact) mass is 372 g/mol. The number of nitrogens with zero attached hydrogens (tertiary/aromatic N) is 1. The molecule has 0 aliphatic rings. The summed E-state index contributed by atoms with van der Waals surface area (Å²) in [6.07, 6.45) is 0. The maximum atomic E-state index is 11.7. The largest absolute Gasteiger partial charge is 0.479 e. The fourth-order valence-corrected chi connectivity index (χ4v) is 1.24. The van der Waals surface area contributed by atoms with Crippen molar-refractivity contribution in [2.45, 2.75) is 13.8 Å². The molecule has 4 nitrogen and oxygen atoms in total. The first-order valence-corrected chi connectivity index (χ1v) is 4.17. The van der Waals surface area contributed by atoms with Crippen molar-refractivity contribution in [3.05, 3.63) is 33.2 Å². The van der Waals surface area contributed by atoms with Crippen LogP contribution >= 0.6 is 0 Å². The summed E-state index contributed by atoms with van der Waals surface area (Å²) in [7, 11) is 2.85. The Morgan fingerprint density at radius 2 is 1.81 bits per heavy atom. The number of pyridine rings is 1. The number of carbonyl (C=O) groups excluding carboxylic acids is 1. The van der Waals surface area contributed by atoms with E-state index in [0.29, 0.717) is 11.3 Å². The quantitative estimate of drug-likeness (QED) is 0.536. The first kappa shape index (κ1) is 19.0. The van der Waals surface area contributed by atoms with E-state index in [1.807, 2.05) is 0 Å². The van der Waals surface area contributed by atoms with E-state index in [1.54, 1.807) is 20.9 Å². The molecule has 0 bridgehead atoms. The third-order valence-electron chi connectivity index (χ3n) is 2.15. The van der Waals surface area contributed by atoms with Crippen LogP contribution < -0.4 is 5.56 Å². The normalized spacial score (nSPS) is 8.75. The molecule has 0 saturated carbocycles. The molecule has 0 aliphatic heterocycles. The van der Waals surface area contributed by atoms with Crippen molar-refractivity contribution in [1.29, 1.82) is 0 Å². The third kappa shape index (κ3) is 3.83. The van der Waals surface area contributed by atoms with Gasteiger partial charge in [-0.1, -0.05) is 12.6 Å². The number of carbonyl (C=O) groups is 1. The molecule has 1 aromatic heterocycles. The van der Waals surface area contributed by atoms with Crippen LogP contribution in [0.2, 0.25) is 0 Å². The van der Waals surface area contributed by atoms with Gasteiger partial charge in [0.05, 0.1) is 7.11 Å². The van der Waals surface area contributed by atoms with E-state index in [-0.39, 0.29) is 76.5 Å². The molecule has 0 fully saturated rings. The maximum absolute atomic E-state index is 11.7. The summed E-state index contributed by atoms with van der Waals surface area (Å²) in [5, 5.41) is 0. The number of hydrogen-bond donors (Lipinski definition) is 0. The standard InChI is InChI=1S/C10H12NO3.2Y/c1-6-5-7(2)11(3)9(12)8(6)10(13)14-4;;/h1-4H3;;/q-1;;. The summed E-state index contributed by atoms with van der Waals surface area (Å²) in [6.45, 7) is 3.43. The Kier molecular flexibility index (Phi) is 9.32. The molecular weight excluding hydrogens is 360 g/mol. The van der Waals surface area contributed by atoms with Crippen LogP contribution in [-0.2, 0) is 77.2 Å². The third-order valence-corrected chi connectivity index (χ3v) is 2.15. The second kappa shape index (κ2) is 7.86. The van der Waals surface area contributed by atoms with Crippen molar-refractivity contribution >= 4 is 5.97 Å². The molecule has 0 N–H and O–H groups in total. The molecule has 6 heteroatoms. The van der Waals surface area contributed by atoms with Gasteiger partial charge in [0.25, 0.3) is 5.97 Å². The molecule has 0 saturated heterocycles. The fourth-order valence-electron chi connectivity index (χ4n) is 1.24. The van der Waals surface area contributed by atoms with Crippen molar-refractivity contribution < 1.29 is 74.9 Å². The first-order valence-electron chi connectivity index (χ1n) is 4.17. The van der Waals surface area contributed by atoms with Crippen molar-refractivity contribution in [2.24, 2.45) is 7.05 Å². The Hall–Kier alpha value is 0.628. The minimum absolute atomic E-state index is 0. The SMILES string of the molecule is COC(=O)c1c(C)[c-]c(C)n(C)c1=O.[Y].[Y]. The summed E-state index contributed by atoms with van der Waals surface area (Å²) in [4.78, 5) is 22.9. The number of aryl methyl sites for hydroxylation is 2. The smallest absolute Gasteiger partial charge is 0.259 e. The molecule has 1 heterocycles. The number of esters is 1. The van der Waals surface area contributed by atoms with Gasteiger partial charge in [-0.15, -0.1) is 0 Å². The second-order valence-electron chi connectivity index (χ2n) is 3.07. The van der Waals surface area contributed by atoms with Crippen LogP contribution in [0.5, 0.6) is 0 Å². The zero-order valence-corrected chi connectivity index (χ0v) is 15.5. The van der Waals surface area contributed by atoms with Gasteiger partial charge in [0, 0.05) is 72.5 Å². The van der Waals surface area contributed by atoms with Crippen LogP contribution in [-0.4, -0.2) is 17.6 Å². The topological polar surface area (TPSA) is 48.3 Å². The van der Waals surface area contributed by atoms with Gasteiger partial charge in [0.2, 0.25) is 0 Å². The van der Waals surface area contributed by atoms with Gasteiger partial charge in [0.1, 0.15) is 0 Å². The van der Waals surface area contributed by atoms with Crippen LogP contribution in [0.15, 0.2) is 4.79 Å². The average molecular weight is 372 g/mol. The number of aromatic nitrogens is 1. The van der Waals surface area contributed by atoms with Crippen LogP contribution in [0.3, 0.4) is 0 Å². The van der Waals surface area contributed by atoms with Gasteiger partial charge in [-0.05, 0) is 12.5 Å². The minimum atomic E-state index is -0.612. The fraction of sp³-hybridized carbons (Fsp3) is 0.400. The molecule has 1 rings (SSSR count). The van der Waals surface area contributed by atoms with Gasteiger partial charge < -0.3 is 9.30 Å². The molecule has 2 radical (unpaired) electrons. The Bertz CT molecular complexity index is 440. The van der Waals surface area contributed by atoms with E-state index < -0.39 is 5.97 Å². The first-order chi connectivity index (χ1) is 6.49. The van der Waals surface area contributed by atoms with Crippen LogP contribution in [0.25, 0.3) is 0 Å². The van der Waals surface area contributed by atoms with E-state index in [0.717, 1.165) is 0 Å². The van der Waals surface area contributed by atoms with Gasteiger partial charge in [-0.3, -0.25) is 9.59 Å². The predicted octanol–water partition coefficient (Wildman–Crippen LogP) is 0.584. The maximum Gasteiger partial charge on any atom is 0.259 e. The van der Waals surface area contributed by atoms with Gasteiger partial charge >= 0.3 is 0 Å². The van der Waals surface area contributed by atoms with Crippen molar-refractivity contribution in [2.75, 3.05) is 7.11 Å². The Morgan fingerprint density at radius 1 is 1.31 bits per heavy atom. The molecule has 16 heavy (non-hydrogen) atoms. The molecule has 1 aromatic rings. The average Bonchev–Trinajstić information content (AvgIpc) is 2.14. The van der Waals surface area contributed by atoms with Crippen molar-refractivity contribution in [3.63, 3.8) is 0 Å². The van der Waals surface area contributed by atoms with Crippen molar-refractivity contribution in [3.8, 4) is 0 Å². The van der Waals surface area contributed by atoms with E-state index in [2.05, 4.69) is 10.8 Å². The Morgan fingerprint density at radius 3 is 2.25 bits per heavy atom. The van der Waals surface area contributed by atoms with Crippen LogP contribution in [0.1, 0.15) is 21.6 Å². The second-order valence-corrected chi connectivity index (χ2v) is 3.07. The summed E-state index contributed by atoms with van der Waals surface area (Å²) in [5.41, 5.74) is 0.934. The molecule has 0 aromatic carbocycles. The van der Waals surface area contributed by atoms with E-state index in [9.17, 15) is 9.59 Å². The molecule has 0 aliphatic carbocycles. The number of methoxy groups -OCH3 is 1. The van der Waals surface area contributed by atoms with E-state index in [1.165, 1.54) is 11.7 Å². The van der Waals surface area contributed by atoms with E-state index in [4.69, 9.17) is 0 Å². The molecule has 0 unspecified atom stereocenters. The van der Waals surface area contributed by atoms with Gasteiger partial charge in [0.15, 0.2) is 5.56 Å². The number of hydrogen-bond acceptors (Lipinski definition) is 3. The Labute approximate surface area is 145 Å². The van der Waals surface area contributed by atoms with Crippen molar-refractivity contribution in [1.82, 2.24) is 4.57 Å². The van der Waals surface area contributed by atoms with E-state index >= 15 is 0 Å². The zero-order valence-electron chi connectivity index (χ0n) is 9.83. The molecular formula is C10H12NO3Y2-.